The quantitative estimate of drug-likeness (QED) is 0.723. The van der Waals surface area contributed by atoms with Crippen LogP contribution < -0.4 is 16.8 Å². The molecule has 1 aliphatic rings. The van der Waals surface area contributed by atoms with Crippen molar-refractivity contribution in [2.45, 2.75) is 37.5 Å². The van der Waals surface area contributed by atoms with Crippen LogP contribution in [0.1, 0.15) is 36.5 Å². The second-order valence-corrected chi connectivity index (χ2v) is 6.48. The summed E-state index contributed by atoms with van der Waals surface area (Å²) in [5.41, 5.74) is 12.9. The van der Waals surface area contributed by atoms with E-state index in [1.807, 2.05) is 17.8 Å². The van der Waals surface area contributed by atoms with Crippen molar-refractivity contribution in [1.82, 2.24) is 0 Å². The molecule has 0 aliphatic heterocycles. The molecule has 19 heavy (non-hydrogen) atoms. The highest BCUT2D eigenvalue weighted by Crippen LogP contribution is 2.32. The van der Waals surface area contributed by atoms with Crippen LogP contribution in [0.3, 0.4) is 0 Å². The van der Waals surface area contributed by atoms with Crippen LogP contribution in [0.4, 0.5) is 11.4 Å². The summed E-state index contributed by atoms with van der Waals surface area (Å²) in [5, 5.41) is 4.17. The van der Waals surface area contributed by atoms with E-state index >= 15 is 0 Å². The predicted molar refractivity (Wildman–Crippen MR) is 82.6 cm³/mol. The van der Waals surface area contributed by atoms with Gasteiger partial charge in [-0.05, 0) is 43.2 Å². The lowest BCUT2D eigenvalue weighted by molar-refractivity contribution is 0.100. The van der Waals surface area contributed by atoms with Gasteiger partial charge in [0.1, 0.15) is 0 Å². The molecule has 0 radical (unpaired) electrons. The zero-order valence-corrected chi connectivity index (χ0v) is 12.0. The maximum Gasteiger partial charge on any atom is 0.250 e. The average molecular weight is 279 g/mol. The second kappa shape index (κ2) is 6.19. The monoisotopic (exact) mass is 279 g/mol. The first-order valence-corrected chi connectivity index (χ1v) is 7.72. The van der Waals surface area contributed by atoms with Gasteiger partial charge < -0.3 is 16.8 Å². The van der Waals surface area contributed by atoms with Gasteiger partial charge >= 0.3 is 0 Å². The van der Waals surface area contributed by atoms with Crippen LogP contribution in [-0.4, -0.2) is 23.0 Å². The SMILES string of the molecule is CCSC1CCC(Nc2ccc(N)cc2C(N)=O)C1. The standard InChI is InChI=1S/C14H21N3OS/c1-2-19-11-5-4-10(8-11)17-13-6-3-9(15)7-12(13)14(16)18/h3,6-7,10-11,17H,2,4-5,8,15H2,1H3,(H2,16,18). The maximum atomic E-state index is 11.4. The fourth-order valence-corrected chi connectivity index (χ4v) is 3.71. The van der Waals surface area contributed by atoms with E-state index < -0.39 is 5.91 Å². The van der Waals surface area contributed by atoms with Crippen molar-refractivity contribution in [2.24, 2.45) is 5.73 Å². The number of nitrogens with one attached hydrogen (secondary N) is 1. The third kappa shape index (κ3) is 3.56. The van der Waals surface area contributed by atoms with Gasteiger partial charge in [0.15, 0.2) is 0 Å². The van der Waals surface area contributed by atoms with Crippen molar-refractivity contribution in [3.05, 3.63) is 23.8 Å². The van der Waals surface area contributed by atoms with Crippen LogP contribution in [-0.2, 0) is 0 Å². The molecule has 0 bridgehead atoms. The van der Waals surface area contributed by atoms with Crippen LogP contribution in [0, 0.1) is 0 Å². The number of anilines is 2. The molecule has 1 aromatic carbocycles. The fourth-order valence-electron chi connectivity index (χ4n) is 2.57. The van der Waals surface area contributed by atoms with Gasteiger partial charge in [-0.15, -0.1) is 0 Å². The van der Waals surface area contributed by atoms with E-state index in [4.69, 9.17) is 11.5 Å². The van der Waals surface area contributed by atoms with Crippen molar-refractivity contribution >= 4 is 29.0 Å². The molecule has 2 atom stereocenters. The topological polar surface area (TPSA) is 81.1 Å². The summed E-state index contributed by atoms with van der Waals surface area (Å²) < 4.78 is 0. The lowest BCUT2D eigenvalue weighted by atomic mass is 10.1. The van der Waals surface area contributed by atoms with Gasteiger partial charge in [-0.1, -0.05) is 6.92 Å². The Morgan fingerprint density at radius 1 is 1.47 bits per heavy atom. The van der Waals surface area contributed by atoms with E-state index in [0.717, 1.165) is 29.5 Å². The summed E-state index contributed by atoms with van der Waals surface area (Å²) in [6.07, 6.45) is 3.51. The lowest BCUT2D eigenvalue weighted by Crippen LogP contribution is -2.20. The molecule has 0 saturated heterocycles. The van der Waals surface area contributed by atoms with Gasteiger partial charge in [-0.2, -0.15) is 11.8 Å². The number of hydrogen-bond acceptors (Lipinski definition) is 4. The van der Waals surface area contributed by atoms with Gasteiger partial charge in [0.25, 0.3) is 5.91 Å². The first-order chi connectivity index (χ1) is 9.10. The molecule has 1 saturated carbocycles. The number of carbonyl (C=O) groups excluding carboxylic acids is 1. The Kier molecular flexibility index (Phi) is 4.58. The first kappa shape index (κ1) is 14.1. The Morgan fingerprint density at radius 2 is 2.26 bits per heavy atom. The molecule has 1 amide bonds. The number of thioether (sulfide) groups is 1. The lowest BCUT2D eigenvalue weighted by Gasteiger charge is -2.17. The van der Waals surface area contributed by atoms with Gasteiger partial charge in [0, 0.05) is 22.7 Å². The second-order valence-electron chi connectivity index (χ2n) is 4.90. The zero-order chi connectivity index (χ0) is 13.8. The average Bonchev–Trinajstić information content (AvgIpc) is 2.79. The molecule has 1 aliphatic carbocycles. The third-order valence-electron chi connectivity index (χ3n) is 3.46. The molecular formula is C14H21N3OS. The van der Waals surface area contributed by atoms with Crippen LogP contribution >= 0.6 is 11.8 Å². The van der Waals surface area contributed by atoms with Crippen LogP contribution in [0.2, 0.25) is 0 Å². The molecule has 5 N–H and O–H groups in total. The Morgan fingerprint density at radius 3 is 2.95 bits per heavy atom. The fraction of sp³-hybridized carbons (Fsp3) is 0.500. The van der Waals surface area contributed by atoms with E-state index in [-0.39, 0.29) is 0 Å². The van der Waals surface area contributed by atoms with Crippen molar-refractivity contribution in [2.75, 3.05) is 16.8 Å². The largest absolute Gasteiger partial charge is 0.399 e. The minimum atomic E-state index is -0.438. The summed E-state index contributed by atoms with van der Waals surface area (Å²) in [5.74, 6) is 0.721. The summed E-state index contributed by atoms with van der Waals surface area (Å²) in [6.45, 7) is 2.19. The van der Waals surface area contributed by atoms with Gasteiger partial charge in [-0.25, -0.2) is 0 Å². The van der Waals surface area contributed by atoms with E-state index in [2.05, 4.69) is 12.2 Å². The van der Waals surface area contributed by atoms with Crippen LogP contribution in [0.25, 0.3) is 0 Å². The maximum absolute atomic E-state index is 11.4. The number of amides is 1. The summed E-state index contributed by atoms with van der Waals surface area (Å²) in [4.78, 5) is 11.4. The summed E-state index contributed by atoms with van der Waals surface area (Å²) >= 11 is 2.01. The Bertz CT molecular complexity index is 464. The number of nitrogen functional groups attached to an aromatic ring is 1. The van der Waals surface area contributed by atoms with Crippen LogP contribution in [0.5, 0.6) is 0 Å². The van der Waals surface area contributed by atoms with Crippen LogP contribution in [0.15, 0.2) is 18.2 Å². The molecule has 1 fully saturated rings. The van der Waals surface area contributed by atoms with Gasteiger partial charge in [-0.3, -0.25) is 4.79 Å². The van der Waals surface area contributed by atoms with Gasteiger partial charge in [0.2, 0.25) is 0 Å². The molecule has 2 unspecified atom stereocenters. The highest BCUT2D eigenvalue weighted by Gasteiger charge is 2.25. The number of nitrogens with two attached hydrogens (primary N) is 2. The van der Waals surface area contributed by atoms with Crippen molar-refractivity contribution in [3.8, 4) is 0 Å². The number of benzene rings is 1. The minimum absolute atomic E-state index is 0.422. The third-order valence-corrected chi connectivity index (χ3v) is 4.69. The van der Waals surface area contributed by atoms with Crippen molar-refractivity contribution in [1.29, 1.82) is 0 Å². The Hall–Kier alpha value is -1.36. The number of rotatable bonds is 5. The first-order valence-electron chi connectivity index (χ1n) is 6.67. The Labute approximate surface area is 118 Å². The molecule has 5 heteroatoms. The molecule has 4 nitrogen and oxygen atoms in total. The normalized spacial score (nSPS) is 22.4. The van der Waals surface area contributed by atoms with Gasteiger partial charge in [0.05, 0.1) is 5.56 Å². The van der Waals surface area contributed by atoms with Crippen molar-refractivity contribution in [3.63, 3.8) is 0 Å². The molecule has 1 aromatic rings. The zero-order valence-electron chi connectivity index (χ0n) is 11.2. The molecule has 104 valence electrons. The molecule has 0 heterocycles. The van der Waals surface area contributed by atoms with E-state index in [1.54, 1.807) is 12.1 Å². The molecule has 0 aromatic heterocycles. The number of hydrogen-bond donors (Lipinski definition) is 3. The Balaban J connectivity index is 2.05. The summed E-state index contributed by atoms with van der Waals surface area (Å²) in [6, 6.07) is 5.70. The smallest absolute Gasteiger partial charge is 0.250 e. The van der Waals surface area contributed by atoms with Crippen molar-refractivity contribution < 1.29 is 4.79 Å². The highest BCUT2D eigenvalue weighted by atomic mass is 32.2. The predicted octanol–water partition coefficient (Wildman–Crippen LogP) is 2.45. The number of primary amides is 1. The minimum Gasteiger partial charge on any atom is -0.399 e. The van der Waals surface area contributed by atoms with E-state index in [9.17, 15) is 4.79 Å². The van der Waals surface area contributed by atoms with E-state index in [0.29, 0.717) is 17.3 Å². The number of carbonyl (C=O) groups is 1. The summed E-state index contributed by atoms with van der Waals surface area (Å²) in [7, 11) is 0. The molecular weight excluding hydrogens is 258 g/mol. The van der Waals surface area contributed by atoms with E-state index in [1.165, 1.54) is 6.42 Å². The molecule has 2 rings (SSSR count). The molecule has 0 spiro atoms. The highest BCUT2D eigenvalue weighted by molar-refractivity contribution is 7.99.